The molecule has 2 atom stereocenters. The van der Waals surface area contributed by atoms with E-state index in [1.807, 2.05) is 13.8 Å². The standard InChI is InChI=1S/C22H32Cl2O4/c1-7-11-17(23)21(3,4)27-19(25)15-13-9-10-14-16(15)20(26)28-22(5,6)18(24)12-8-2/h9-10,13-14,17-18H,7-8,11-12H2,1-6H3. The van der Waals surface area contributed by atoms with Crippen molar-refractivity contribution < 1.29 is 19.1 Å². The van der Waals surface area contributed by atoms with Crippen LogP contribution in [0.1, 0.15) is 87.9 Å². The van der Waals surface area contributed by atoms with Gasteiger partial charge in [-0.1, -0.05) is 38.8 Å². The molecule has 0 saturated heterocycles. The van der Waals surface area contributed by atoms with Crippen molar-refractivity contribution >= 4 is 35.1 Å². The van der Waals surface area contributed by atoms with Crippen LogP contribution in [0.15, 0.2) is 24.3 Å². The third-order valence-electron chi connectivity index (χ3n) is 4.67. The van der Waals surface area contributed by atoms with Crippen LogP contribution in [0, 0.1) is 0 Å². The Labute approximate surface area is 178 Å². The van der Waals surface area contributed by atoms with Crippen LogP contribution < -0.4 is 0 Å². The fraction of sp³-hybridized carbons (Fsp3) is 0.636. The maximum absolute atomic E-state index is 12.8. The molecule has 0 spiro atoms. The van der Waals surface area contributed by atoms with Gasteiger partial charge in [0.25, 0.3) is 0 Å². The lowest BCUT2D eigenvalue weighted by atomic mass is 9.99. The zero-order valence-corrected chi connectivity index (χ0v) is 19.2. The molecule has 0 aliphatic rings. The summed E-state index contributed by atoms with van der Waals surface area (Å²) < 4.78 is 11.3. The molecule has 2 unspecified atom stereocenters. The molecular formula is C22H32Cl2O4. The molecule has 0 aliphatic heterocycles. The lowest BCUT2D eigenvalue weighted by Gasteiger charge is -2.31. The van der Waals surface area contributed by atoms with Crippen LogP contribution in [0.25, 0.3) is 0 Å². The van der Waals surface area contributed by atoms with Crippen molar-refractivity contribution in [1.29, 1.82) is 0 Å². The van der Waals surface area contributed by atoms with Crippen LogP contribution in [0.2, 0.25) is 0 Å². The zero-order valence-electron chi connectivity index (χ0n) is 17.7. The van der Waals surface area contributed by atoms with E-state index in [0.717, 1.165) is 12.8 Å². The first-order chi connectivity index (χ1) is 13.0. The van der Waals surface area contributed by atoms with E-state index in [-0.39, 0.29) is 21.9 Å². The van der Waals surface area contributed by atoms with Gasteiger partial charge in [-0.15, -0.1) is 23.2 Å². The van der Waals surface area contributed by atoms with Gasteiger partial charge < -0.3 is 9.47 Å². The molecule has 0 bridgehead atoms. The summed E-state index contributed by atoms with van der Waals surface area (Å²) in [5, 5.41) is -0.656. The number of halogens is 2. The van der Waals surface area contributed by atoms with Crippen LogP contribution in [0.3, 0.4) is 0 Å². The van der Waals surface area contributed by atoms with Crippen molar-refractivity contribution in [1.82, 2.24) is 0 Å². The second kappa shape index (κ2) is 10.5. The predicted molar refractivity (Wildman–Crippen MR) is 115 cm³/mol. The summed E-state index contributed by atoms with van der Waals surface area (Å²) in [5.74, 6) is -1.21. The monoisotopic (exact) mass is 430 g/mol. The van der Waals surface area contributed by atoms with E-state index in [1.165, 1.54) is 0 Å². The predicted octanol–water partition coefficient (Wildman–Crippen LogP) is 6.37. The Balaban J connectivity index is 3.04. The van der Waals surface area contributed by atoms with Gasteiger partial charge in [-0.05, 0) is 52.7 Å². The highest BCUT2D eigenvalue weighted by molar-refractivity contribution is 6.21. The normalized spacial score (nSPS) is 14.3. The summed E-state index contributed by atoms with van der Waals surface area (Å²) >= 11 is 12.7. The number of hydrogen-bond acceptors (Lipinski definition) is 4. The van der Waals surface area contributed by atoms with Crippen molar-refractivity contribution in [3.05, 3.63) is 35.4 Å². The van der Waals surface area contributed by atoms with Crippen molar-refractivity contribution in [3.63, 3.8) is 0 Å². The second-order valence-corrected chi connectivity index (χ2v) is 9.10. The Morgan fingerprint density at radius 1 is 0.821 bits per heavy atom. The number of esters is 2. The van der Waals surface area contributed by atoms with Gasteiger partial charge in [-0.25, -0.2) is 9.59 Å². The molecule has 4 nitrogen and oxygen atoms in total. The molecule has 1 aromatic carbocycles. The molecule has 1 aromatic rings. The molecule has 0 heterocycles. The van der Waals surface area contributed by atoms with Crippen molar-refractivity contribution in [2.45, 2.75) is 89.2 Å². The molecular weight excluding hydrogens is 399 g/mol. The number of hydrogen-bond donors (Lipinski definition) is 0. The maximum atomic E-state index is 12.8. The SMILES string of the molecule is CCCC(Cl)C(C)(C)OC(=O)c1ccccc1C(=O)OC(C)(C)C(Cl)CCC. The van der Waals surface area contributed by atoms with Crippen LogP contribution >= 0.6 is 23.2 Å². The largest absolute Gasteiger partial charge is 0.454 e. The molecule has 0 amide bonds. The summed E-state index contributed by atoms with van der Waals surface area (Å²) in [5.41, 5.74) is -1.43. The summed E-state index contributed by atoms with van der Waals surface area (Å²) in [6.45, 7) is 11.1. The molecule has 28 heavy (non-hydrogen) atoms. The Morgan fingerprint density at radius 3 is 1.43 bits per heavy atom. The minimum Gasteiger partial charge on any atom is -0.454 e. The van der Waals surface area contributed by atoms with Crippen molar-refractivity contribution in [2.75, 3.05) is 0 Å². The van der Waals surface area contributed by atoms with Gasteiger partial charge in [-0.3, -0.25) is 0 Å². The van der Waals surface area contributed by atoms with Gasteiger partial charge in [0.15, 0.2) is 0 Å². The third kappa shape index (κ3) is 6.66. The molecule has 6 heteroatoms. The van der Waals surface area contributed by atoms with Crippen molar-refractivity contribution in [3.8, 4) is 0 Å². The summed E-state index contributed by atoms with van der Waals surface area (Å²) in [7, 11) is 0. The summed E-state index contributed by atoms with van der Waals surface area (Å²) in [6.07, 6.45) is 3.19. The van der Waals surface area contributed by atoms with E-state index in [0.29, 0.717) is 12.8 Å². The molecule has 0 saturated carbocycles. The van der Waals surface area contributed by atoms with Gasteiger partial charge in [0.1, 0.15) is 11.2 Å². The van der Waals surface area contributed by atoms with Crippen LogP contribution in [-0.4, -0.2) is 33.9 Å². The van der Waals surface area contributed by atoms with Crippen LogP contribution in [0.4, 0.5) is 0 Å². The quantitative estimate of drug-likeness (QED) is 0.319. The molecule has 158 valence electrons. The van der Waals surface area contributed by atoms with E-state index < -0.39 is 23.1 Å². The summed E-state index contributed by atoms with van der Waals surface area (Å²) in [6, 6.07) is 6.46. The fourth-order valence-corrected chi connectivity index (χ4v) is 3.28. The lowest BCUT2D eigenvalue weighted by molar-refractivity contribution is -0.00829. The first-order valence-corrected chi connectivity index (χ1v) is 10.7. The third-order valence-corrected chi connectivity index (χ3v) is 6.16. The van der Waals surface area contributed by atoms with E-state index >= 15 is 0 Å². The molecule has 0 N–H and O–H groups in total. The lowest BCUT2D eigenvalue weighted by Crippen LogP contribution is -2.39. The van der Waals surface area contributed by atoms with Gasteiger partial charge in [0.05, 0.1) is 21.9 Å². The van der Waals surface area contributed by atoms with E-state index in [9.17, 15) is 9.59 Å². The molecule has 0 aliphatic carbocycles. The highest BCUT2D eigenvalue weighted by Crippen LogP contribution is 2.28. The van der Waals surface area contributed by atoms with Gasteiger partial charge in [0.2, 0.25) is 0 Å². The molecule has 1 rings (SSSR count). The maximum Gasteiger partial charge on any atom is 0.339 e. The van der Waals surface area contributed by atoms with Gasteiger partial charge >= 0.3 is 11.9 Å². The molecule has 0 fully saturated rings. The van der Waals surface area contributed by atoms with Crippen molar-refractivity contribution in [2.24, 2.45) is 0 Å². The van der Waals surface area contributed by atoms with Gasteiger partial charge in [-0.2, -0.15) is 0 Å². The smallest absolute Gasteiger partial charge is 0.339 e. The number of benzene rings is 1. The Hall–Kier alpha value is -1.26. The first-order valence-electron chi connectivity index (χ1n) is 9.80. The number of alkyl halides is 2. The zero-order chi connectivity index (χ0) is 21.5. The second-order valence-electron chi connectivity index (χ2n) is 8.04. The summed E-state index contributed by atoms with van der Waals surface area (Å²) in [4.78, 5) is 25.6. The van der Waals surface area contributed by atoms with Gasteiger partial charge in [0, 0.05) is 0 Å². The molecule has 0 aromatic heterocycles. The first kappa shape index (κ1) is 24.8. The molecule has 0 radical (unpaired) electrons. The number of rotatable bonds is 10. The number of carbonyl (C=O) groups is 2. The topological polar surface area (TPSA) is 52.6 Å². The highest BCUT2D eigenvalue weighted by Gasteiger charge is 2.35. The Kier molecular flexibility index (Phi) is 9.29. The van der Waals surface area contributed by atoms with Crippen LogP contribution in [0.5, 0.6) is 0 Å². The average Bonchev–Trinajstić information content (AvgIpc) is 2.61. The minimum atomic E-state index is -0.868. The van der Waals surface area contributed by atoms with E-state index in [4.69, 9.17) is 32.7 Å². The average molecular weight is 431 g/mol. The number of ether oxygens (including phenoxy) is 2. The minimum absolute atomic E-state index is 0.151. The fourth-order valence-electron chi connectivity index (χ4n) is 2.76. The Morgan fingerprint density at radius 2 is 1.14 bits per heavy atom. The Bertz CT molecular complexity index is 613. The van der Waals surface area contributed by atoms with E-state index in [1.54, 1.807) is 52.0 Å². The number of carbonyl (C=O) groups excluding carboxylic acids is 2. The highest BCUT2D eigenvalue weighted by atomic mass is 35.5. The van der Waals surface area contributed by atoms with E-state index in [2.05, 4.69) is 0 Å². The van der Waals surface area contributed by atoms with Crippen LogP contribution in [-0.2, 0) is 9.47 Å².